The van der Waals surface area contributed by atoms with Crippen molar-refractivity contribution in [3.63, 3.8) is 0 Å². The van der Waals surface area contributed by atoms with Crippen molar-refractivity contribution in [3.05, 3.63) is 0 Å². The van der Waals surface area contributed by atoms with Crippen molar-refractivity contribution >= 4 is 5.91 Å². The second-order valence-electron chi connectivity index (χ2n) is 6.73. The highest BCUT2D eigenvalue weighted by molar-refractivity contribution is 5.85. The van der Waals surface area contributed by atoms with Crippen LogP contribution in [-0.2, 0) is 4.79 Å². The van der Waals surface area contributed by atoms with Crippen LogP contribution in [0.1, 0.15) is 58.8 Å². The van der Waals surface area contributed by atoms with Crippen molar-refractivity contribution in [3.8, 4) is 0 Å². The lowest BCUT2D eigenvalue weighted by molar-refractivity contribution is -0.139. The molecule has 104 valence electrons. The molecule has 2 rings (SSSR count). The Kier molecular flexibility index (Phi) is 4.00. The third kappa shape index (κ3) is 2.71. The van der Waals surface area contributed by atoms with Gasteiger partial charge in [-0.05, 0) is 52.0 Å². The van der Waals surface area contributed by atoms with E-state index in [4.69, 9.17) is 0 Å². The van der Waals surface area contributed by atoms with Crippen LogP contribution in [0.2, 0.25) is 0 Å². The minimum absolute atomic E-state index is 0.260. The minimum atomic E-state index is -0.420. The molecule has 3 nitrogen and oxygen atoms in total. The van der Waals surface area contributed by atoms with Crippen LogP contribution >= 0.6 is 0 Å². The average Bonchev–Trinajstić information content (AvgIpc) is 2.40. The summed E-state index contributed by atoms with van der Waals surface area (Å²) >= 11 is 0. The van der Waals surface area contributed by atoms with Crippen LogP contribution in [0, 0.1) is 5.41 Å². The Hall–Kier alpha value is -0.570. The van der Waals surface area contributed by atoms with Crippen molar-refractivity contribution < 1.29 is 4.79 Å². The zero-order valence-corrected chi connectivity index (χ0v) is 12.2. The van der Waals surface area contributed by atoms with Crippen molar-refractivity contribution in [2.75, 3.05) is 20.1 Å². The van der Waals surface area contributed by atoms with Gasteiger partial charge >= 0.3 is 0 Å². The second-order valence-corrected chi connectivity index (χ2v) is 6.73. The van der Waals surface area contributed by atoms with Crippen molar-refractivity contribution in [1.29, 1.82) is 0 Å². The number of carbonyl (C=O) groups is 1. The number of piperidine rings is 1. The molecule has 2 fully saturated rings. The van der Waals surface area contributed by atoms with Gasteiger partial charge in [0.25, 0.3) is 0 Å². The molecule has 0 aromatic carbocycles. The Morgan fingerprint density at radius 1 is 1.06 bits per heavy atom. The molecule has 0 atom stereocenters. The van der Waals surface area contributed by atoms with E-state index in [1.54, 1.807) is 0 Å². The van der Waals surface area contributed by atoms with Gasteiger partial charge in [0.05, 0.1) is 5.54 Å². The van der Waals surface area contributed by atoms with Gasteiger partial charge in [-0.25, -0.2) is 0 Å². The van der Waals surface area contributed by atoms with Gasteiger partial charge in [-0.3, -0.25) is 4.79 Å². The van der Waals surface area contributed by atoms with Crippen LogP contribution in [-0.4, -0.2) is 36.5 Å². The molecule has 1 saturated heterocycles. The van der Waals surface area contributed by atoms with Gasteiger partial charge in [0.15, 0.2) is 0 Å². The standard InChI is InChI=1S/C15H28N2O/c1-14(2,16-3)13(18)17-11-9-15(10-12-17)7-5-4-6-8-15/h16H,4-12H2,1-3H3. The quantitative estimate of drug-likeness (QED) is 0.819. The molecule has 1 spiro atoms. The van der Waals surface area contributed by atoms with Crippen molar-refractivity contribution in [1.82, 2.24) is 10.2 Å². The number of hydrogen-bond acceptors (Lipinski definition) is 2. The number of nitrogens with zero attached hydrogens (tertiary/aromatic N) is 1. The van der Waals surface area contributed by atoms with E-state index in [1.165, 1.54) is 44.9 Å². The highest BCUT2D eigenvalue weighted by Crippen LogP contribution is 2.44. The molecule has 1 aliphatic heterocycles. The molecule has 1 N–H and O–H groups in total. The number of amides is 1. The summed E-state index contributed by atoms with van der Waals surface area (Å²) in [6.45, 7) is 5.87. The Labute approximate surface area is 111 Å². The first-order valence-corrected chi connectivity index (χ1v) is 7.47. The Morgan fingerprint density at radius 2 is 1.61 bits per heavy atom. The predicted molar refractivity (Wildman–Crippen MR) is 74.5 cm³/mol. The highest BCUT2D eigenvalue weighted by Gasteiger charge is 2.39. The summed E-state index contributed by atoms with van der Waals surface area (Å²) in [7, 11) is 1.87. The molecular formula is C15H28N2O. The number of hydrogen-bond donors (Lipinski definition) is 1. The largest absolute Gasteiger partial charge is 0.341 e. The molecule has 0 aromatic heterocycles. The van der Waals surface area contributed by atoms with E-state index in [0.29, 0.717) is 5.41 Å². The summed E-state index contributed by atoms with van der Waals surface area (Å²) in [5, 5.41) is 3.12. The number of rotatable bonds is 2. The Morgan fingerprint density at radius 3 is 2.11 bits per heavy atom. The maximum absolute atomic E-state index is 12.4. The summed E-state index contributed by atoms with van der Waals surface area (Å²) in [6, 6.07) is 0. The molecule has 3 heteroatoms. The van der Waals surface area contributed by atoms with Crippen LogP contribution in [0.3, 0.4) is 0 Å². The summed E-state index contributed by atoms with van der Waals surface area (Å²) in [4.78, 5) is 14.5. The van der Waals surface area contributed by atoms with Crippen LogP contribution in [0.5, 0.6) is 0 Å². The van der Waals surface area contributed by atoms with E-state index >= 15 is 0 Å². The first kappa shape index (κ1) is 13.9. The van der Waals surface area contributed by atoms with Crippen LogP contribution in [0.25, 0.3) is 0 Å². The van der Waals surface area contributed by atoms with Crippen LogP contribution in [0.4, 0.5) is 0 Å². The van der Waals surface area contributed by atoms with Gasteiger partial charge < -0.3 is 10.2 Å². The molecule has 0 bridgehead atoms. The third-order valence-electron chi connectivity index (χ3n) is 5.19. The summed E-state index contributed by atoms with van der Waals surface area (Å²) in [5.74, 6) is 0.260. The number of carbonyl (C=O) groups excluding carboxylic acids is 1. The smallest absolute Gasteiger partial charge is 0.242 e. The molecular weight excluding hydrogens is 224 g/mol. The Balaban J connectivity index is 1.92. The van der Waals surface area contributed by atoms with Gasteiger partial charge in [-0.1, -0.05) is 19.3 Å². The first-order chi connectivity index (χ1) is 8.49. The van der Waals surface area contributed by atoms with Gasteiger partial charge in [0.2, 0.25) is 5.91 Å². The molecule has 1 saturated carbocycles. The zero-order valence-electron chi connectivity index (χ0n) is 12.2. The molecule has 0 unspecified atom stereocenters. The normalized spacial score (nSPS) is 24.3. The molecule has 1 heterocycles. The van der Waals surface area contributed by atoms with E-state index < -0.39 is 5.54 Å². The summed E-state index contributed by atoms with van der Waals surface area (Å²) < 4.78 is 0. The number of likely N-dealkylation sites (tertiary alicyclic amines) is 1. The van der Waals surface area contributed by atoms with E-state index in [9.17, 15) is 4.79 Å². The van der Waals surface area contributed by atoms with Gasteiger partial charge in [-0.15, -0.1) is 0 Å². The average molecular weight is 252 g/mol. The van der Waals surface area contributed by atoms with E-state index in [1.807, 2.05) is 20.9 Å². The summed E-state index contributed by atoms with van der Waals surface area (Å²) in [5.41, 5.74) is 0.163. The summed E-state index contributed by atoms with van der Waals surface area (Å²) in [6.07, 6.45) is 9.44. The first-order valence-electron chi connectivity index (χ1n) is 7.47. The van der Waals surface area contributed by atoms with Gasteiger partial charge in [-0.2, -0.15) is 0 Å². The molecule has 1 aliphatic carbocycles. The monoisotopic (exact) mass is 252 g/mol. The molecule has 1 amide bonds. The Bertz CT molecular complexity index is 296. The predicted octanol–water partition coefficient (Wildman–Crippen LogP) is 2.56. The zero-order chi connectivity index (χ0) is 13.2. The molecule has 0 aromatic rings. The van der Waals surface area contributed by atoms with Crippen LogP contribution < -0.4 is 5.32 Å². The molecule has 18 heavy (non-hydrogen) atoms. The topological polar surface area (TPSA) is 32.3 Å². The number of likely N-dealkylation sites (N-methyl/N-ethyl adjacent to an activating group) is 1. The van der Waals surface area contributed by atoms with E-state index in [2.05, 4.69) is 10.2 Å². The third-order valence-corrected chi connectivity index (χ3v) is 5.19. The number of nitrogens with one attached hydrogen (secondary N) is 1. The fraction of sp³-hybridized carbons (Fsp3) is 0.933. The highest BCUT2D eigenvalue weighted by atomic mass is 16.2. The lowest BCUT2D eigenvalue weighted by Crippen LogP contribution is -2.55. The SMILES string of the molecule is CNC(C)(C)C(=O)N1CCC2(CCCCC2)CC1. The van der Waals surface area contributed by atoms with Gasteiger partial charge in [0.1, 0.15) is 0 Å². The minimum Gasteiger partial charge on any atom is -0.341 e. The van der Waals surface area contributed by atoms with Crippen molar-refractivity contribution in [2.45, 2.75) is 64.3 Å². The second kappa shape index (κ2) is 5.20. The lowest BCUT2D eigenvalue weighted by atomic mass is 9.68. The van der Waals surface area contributed by atoms with E-state index in [-0.39, 0.29) is 5.91 Å². The maximum atomic E-state index is 12.4. The molecule has 2 aliphatic rings. The fourth-order valence-electron chi connectivity index (χ4n) is 3.49. The maximum Gasteiger partial charge on any atom is 0.242 e. The fourth-order valence-corrected chi connectivity index (χ4v) is 3.49. The van der Waals surface area contributed by atoms with Crippen LogP contribution in [0.15, 0.2) is 0 Å². The molecule has 0 radical (unpaired) electrons. The van der Waals surface area contributed by atoms with Gasteiger partial charge in [0, 0.05) is 13.1 Å². The van der Waals surface area contributed by atoms with E-state index in [0.717, 1.165) is 13.1 Å². The lowest BCUT2D eigenvalue weighted by Gasteiger charge is -2.45. The van der Waals surface area contributed by atoms with Crippen molar-refractivity contribution in [2.24, 2.45) is 5.41 Å².